The molecule has 0 unspecified atom stereocenters. The van der Waals surface area contributed by atoms with Crippen LogP contribution >= 0.6 is 23.2 Å². The van der Waals surface area contributed by atoms with Crippen molar-refractivity contribution in [2.75, 3.05) is 26.2 Å². The topological polar surface area (TPSA) is 23.6 Å². The van der Waals surface area contributed by atoms with Gasteiger partial charge in [0.25, 0.3) is 0 Å². The monoisotopic (exact) mass is 404 g/mol. The van der Waals surface area contributed by atoms with Crippen LogP contribution in [0.2, 0.25) is 10.0 Å². The van der Waals surface area contributed by atoms with E-state index in [1.807, 2.05) is 29.2 Å². The molecule has 1 fully saturated rings. The molecule has 0 aliphatic carbocycles. The molecule has 0 bridgehead atoms. The number of hydrogen-bond acceptors (Lipinski definition) is 2. The first kappa shape index (κ1) is 20.2. The van der Waals surface area contributed by atoms with Crippen LogP contribution in [0.25, 0.3) is 0 Å². The summed E-state index contributed by atoms with van der Waals surface area (Å²) >= 11 is 12.2. The van der Waals surface area contributed by atoms with E-state index >= 15 is 0 Å². The summed E-state index contributed by atoms with van der Waals surface area (Å²) in [6.45, 7) is 5.38. The zero-order valence-electron chi connectivity index (χ0n) is 15.7. The van der Waals surface area contributed by atoms with Crippen LogP contribution in [-0.4, -0.2) is 41.9 Å². The molecule has 3 nitrogen and oxygen atoms in total. The van der Waals surface area contributed by atoms with Gasteiger partial charge in [0.15, 0.2) is 0 Å². The number of halogens is 2. The van der Waals surface area contributed by atoms with E-state index in [2.05, 4.69) is 36.1 Å². The molecule has 1 amide bonds. The normalized spacial score (nSPS) is 15.3. The number of carbonyl (C=O) groups excluding carboxylic acids is 1. The number of nitrogens with zero attached hydrogens (tertiary/aromatic N) is 2. The summed E-state index contributed by atoms with van der Waals surface area (Å²) in [6.07, 6.45) is 2.69. The zero-order chi connectivity index (χ0) is 19.2. The first-order valence-electron chi connectivity index (χ1n) is 9.61. The van der Waals surface area contributed by atoms with Crippen LogP contribution in [-0.2, 0) is 4.79 Å². The van der Waals surface area contributed by atoms with E-state index in [-0.39, 0.29) is 11.9 Å². The molecule has 1 aliphatic rings. The molecule has 0 N–H and O–H groups in total. The molecule has 0 aromatic heterocycles. The number of rotatable bonds is 6. The van der Waals surface area contributed by atoms with Crippen molar-refractivity contribution in [3.63, 3.8) is 0 Å². The second kappa shape index (κ2) is 9.59. The van der Waals surface area contributed by atoms with Crippen LogP contribution in [0.1, 0.15) is 43.4 Å². The van der Waals surface area contributed by atoms with Crippen molar-refractivity contribution >= 4 is 29.1 Å². The van der Waals surface area contributed by atoms with Gasteiger partial charge in [-0.2, -0.15) is 0 Å². The maximum Gasteiger partial charge on any atom is 0.222 e. The number of amides is 1. The van der Waals surface area contributed by atoms with Crippen molar-refractivity contribution in [3.8, 4) is 0 Å². The van der Waals surface area contributed by atoms with E-state index in [4.69, 9.17) is 23.2 Å². The minimum Gasteiger partial charge on any atom is -0.340 e. The van der Waals surface area contributed by atoms with E-state index in [0.29, 0.717) is 6.42 Å². The highest BCUT2D eigenvalue weighted by molar-refractivity contribution is 6.30. The summed E-state index contributed by atoms with van der Waals surface area (Å²) in [7, 11) is 0. The molecule has 0 radical (unpaired) electrons. The number of unbranched alkanes of at least 4 members (excludes halogenated alkanes) is 1. The van der Waals surface area contributed by atoms with Gasteiger partial charge in [0.2, 0.25) is 5.91 Å². The molecule has 0 saturated carbocycles. The summed E-state index contributed by atoms with van der Waals surface area (Å²) in [5.74, 6) is 0.283. The summed E-state index contributed by atoms with van der Waals surface area (Å²) < 4.78 is 0. The van der Waals surface area contributed by atoms with E-state index in [9.17, 15) is 4.79 Å². The third-order valence-electron chi connectivity index (χ3n) is 5.15. The minimum atomic E-state index is 0.132. The standard InChI is InChI=1S/C22H26Cl2N2O/c1-2-3-4-21(27)25-13-15-26(16-14-25)22(17-5-9-19(23)10-6-17)18-7-11-20(24)12-8-18/h5-12,22H,2-4,13-16H2,1H3. The van der Waals surface area contributed by atoms with Crippen LogP contribution in [0.3, 0.4) is 0 Å². The van der Waals surface area contributed by atoms with Crippen LogP contribution < -0.4 is 0 Å². The number of carbonyl (C=O) groups is 1. The summed E-state index contributed by atoms with van der Waals surface area (Å²) in [4.78, 5) is 16.8. The molecule has 27 heavy (non-hydrogen) atoms. The Labute approximate surface area is 171 Å². The maximum atomic E-state index is 12.3. The molecule has 1 heterocycles. The third kappa shape index (κ3) is 5.25. The largest absolute Gasteiger partial charge is 0.340 e. The van der Waals surface area contributed by atoms with Crippen molar-refractivity contribution in [2.24, 2.45) is 0 Å². The fourth-order valence-corrected chi connectivity index (χ4v) is 3.87. The van der Waals surface area contributed by atoms with Crippen molar-refractivity contribution in [1.82, 2.24) is 9.80 Å². The lowest BCUT2D eigenvalue weighted by atomic mass is 9.96. The van der Waals surface area contributed by atoms with Gasteiger partial charge in [0.05, 0.1) is 6.04 Å². The fraction of sp³-hybridized carbons (Fsp3) is 0.409. The van der Waals surface area contributed by atoms with Gasteiger partial charge in [0.1, 0.15) is 0 Å². The van der Waals surface area contributed by atoms with Crippen LogP contribution in [0.4, 0.5) is 0 Å². The van der Waals surface area contributed by atoms with E-state index in [1.54, 1.807) is 0 Å². The summed E-state index contributed by atoms with van der Waals surface area (Å²) in [5.41, 5.74) is 2.40. The van der Waals surface area contributed by atoms with Crippen molar-refractivity contribution in [2.45, 2.75) is 32.2 Å². The summed E-state index contributed by atoms with van der Waals surface area (Å²) in [6, 6.07) is 16.2. The lowest BCUT2D eigenvalue weighted by Gasteiger charge is -2.40. The average molecular weight is 405 g/mol. The number of benzene rings is 2. The molecule has 1 saturated heterocycles. The molecule has 2 aromatic carbocycles. The highest BCUT2D eigenvalue weighted by Crippen LogP contribution is 2.31. The Bertz CT molecular complexity index is 692. The smallest absolute Gasteiger partial charge is 0.222 e. The maximum absolute atomic E-state index is 12.3. The molecule has 3 rings (SSSR count). The van der Waals surface area contributed by atoms with Crippen LogP contribution in [0.5, 0.6) is 0 Å². The van der Waals surface area contributed by atoms with Gasteiger partial charge in [-0.25, -0.2) is 0 Å². The average Bonchev–Trinajstić information content (AvgIpc) is 2.70. The van der Waals surface area contributed by atoms with Crippen molar-refractivity contribution < 1.29 is 4.79 Å². The van der Waals surface area contributed by atoms with Crippen LogP contribution in [0.15, 0.2) is 48.5 Å². The lowest BCUT2D eigenvalue weighted by Crippen LogP contribution is -2.49. The van der Waals surface area contributed by atoms with Crippen molar-refractivity contribution in [3.05, 3.63) is 69.7 Å². The quantitative estimate of drug-likeness (QED) is 0.641. The molecule has 0 spiro atoms. The first-order valence-corrected chi connectivity index (χ1v) is 10.4. The van der Waals surface area contributed by atoms with Gasteiger partial charge < -0.3 is 4.90 Å². The van der Waals surface area contributed by atoms with Crippen LogP contribution in [0, 0.1) is 0 Å². The predicted octanol–water partition coefficient (Wildman–Crippen LogP) is 5.42. The van der Waals surface area contributed by atoms with Gasteiger partial charge in [-0.15, -0.1) is 0 Å². The Morgan fingerprint density at radius 1 is 0.889 bits per heavy atom. The molecular weight excluding hydrogens is 379 g/mol. The van der Waals surface area contributed by atoms with Crippen molar-refractivity contribution in [1.29, 1.82) is 0 Å². The van der Waals surface area contributed by atoms with Gasteiger partial charge >= 0.3 is 0 Å². The second-order valence-corrected chi connectivity index (χ2v) is 7.90. The highest BCUT2D eigenvalue weighted by Gasteiger charge is 2.28. The Morgan fingerprint density at radius 3 is 1.81 bits per heavy atom. The Hall–Kier alpha value is -1.55. The number of hydrogen-bond donors (Lipinski definition) is 0. The Kier molecular flexibility index (Phi) is 7.17. The predicted molar refractivity (Wildman–Crippen MR) is 112 cm³/mol. The SMILES string of the molecule is CCCCC(=O)N1CCN(C(c2ccc(Cl)cc2)c2ccc(Cl)cc2)CC1. The first-order chi connectivity index (χ1) is 13.1. The molecule has 2 aromatic rings. The minimum absolute atomic E-state index is 0.132. The Morgan fingerprint density at radius 2 is 1.37 bits per heavy atom. The number of piperazine rings is 1. The van der Waals surface area contributed by atoms with Gasteiger partial charge in [0, 0.05) is 42.6 Å². The third-order valence-corrected chi connectivity index (χ3v) is 5.65. The fourth-order valence-electron chi connectivity index (χ4n) is 3.62. The van der Waals surface area contributed by atoms with E-state index in [1.165, 1.54) is 11.1 Å². The van der Waals surface area contributed by atoms with E-state index < -0.39 is 0 Å². The molecule has 144 valence electrons. The summed E-state index contributed by atoms with van der Waals surface area (Å²) in [5, 5.41) is 1.47. The van der Waals surface area contributed by atoms with Gasteiger partial charge in [-0.3, -0.25) is 9.69 Å². The molecule has 1 aliphatic heterocycles. The zero-order valence-corrected chi connectivity index (χ0v) is 17.2. The molecule has 5 heteroatoms. The molecule has 0 atom stereocenters. The lowest BCUT2D eigenvalue weighted by molar-refractivity contribution is -0.133. The highest BCUT2D eigenvalue weighted by atomic mass is 35.5. The Balaban J connectivity index is 1.77. The molecular formula is C22H26Cl2N2O. The van der Waals surface area contributed by atoms with Gasteiger partial charge in [-0.1, -0.05) is 60.8 Å². The van der Waals surface area contributed by atoms with E-state index in [0.717, 1.165) is 49.1 Å². The van der Waals surface area contributed by atoms with Gasteiger partial charge in [-0.05, 0) is 41.8 Å². The second-order valence-electron chi connectivity index (χ2n) is 7.03.